The number of hydrogen-bond donors (Lipinski definition) is 4. The number of amides is 3. The molecule has 0 saturated carbocycles. The molecule has 1 atom stereocenters. The second-order valence-electron chi connectivity index (χ2n) is 9.22. The van der Waals surface area contributed by atoms with Crippen molar-refractivity contribution < 1.29 is 43.2 Å². The Morgan fingerprint density at radius 2 is 1.44 bits per heavy atom. The molecule has 0 saturated heterocycles. The summed E-state index contributed by atoms with van der Waals surface area (Å²) in [4.78, 5) is 38.9. The zero-order valence-electron chi connectivity index (χ0n) is 25.0. The number of benzene rings is 1. The van der Waals surface area contributed by atoms with E-state index in [1.54, 1.807) is 0 Å². The predicted molar refractivity (Wildman–Crippen MR) is 162 cm³/mol. The van der Waals surface area contributed by atoms with Crippen LogP contribution in [0.4, 0.5) is 10.5 Å². The molecule has 0 aliphatic heterocycles. The van der Waals surface area contributed by atoms with E-state index < -0.39 is 18.0 Å². The number of rotatable bonds is 24. The Morgan fingerprint density at radius 1 is 0.907 bits per heavy atom. The molecule has 0 aromatic heterocycles. The van der Waals surface area contributed by atoms with Crippen LogP contribution in [-0.2, 0) is 33.3 Å². The fourth-order valence-electron chi connectivity index (χ4n) is 3.75. The minimum atomic E-state index is -1.36. The van der Waals surface area contributed by atoms with Gasteiger partial charge in [0.15, 0.2) is 0 Å². The van der Waals surface area contributed by atoms with E-state index in [9.17, 15) is 14.4 Å². The first kappa shape index (κ1) is 38.0. The van der Waals surface area contributed by atoms with Crippen molar-refractivity contribution >= 4 is 39.5 Å². The van der Waals surface area contributed by atoms with Crippen LogP contribution in [0.15, 0.2) is 15.7 Å². The lowest BCUT2D eigenvalue weighted by Crippen LogP contribution is -2.47. The highest BCUT2D eigenvalue weighted by Crippen LogP contribution is 2.30. The second-order valence-corrected chi connectivity index (χ2v) is 10.0. The molecule has 0 aliphatic carbocycles. The lowest BCUT2D eigenvalue weighted by molar-refractivity contribution is -0.123. The van der Waals surface area contributed by atoms with E-state index in [2.05, 4.69) is 41.9 Å². The topological polar surface area (TPSA) is 202 Å². The molecule has 1 aromatic rings. The first-order valence-corrected chi connectivity index (χ1v) is 14.7. The van der Waals surface area contributed by atoms with Crippen molar-refractivity contribution in [1.82, 2.24) is 10.6 Å². The maximum absolute atomic E-state index is 12.6. The molecule has 16 heteroatoms. The Balaban J connectivity index is 2.14. The molecule has 0 unspecified atom stereocenters. The molecule has 1 aromatic carbocycles. The molecule has 0 spiro atoms. The Kier molecular flexibility index (Phi) is 20.8. The molecule has 1 rings (SSSR count). The number of azide groups is 1. The van der Waals surface area contributed by atoms with Gasteiger partial charge in [0, 0.05) is 34.6 Å². The van der Waals surface area contributed by atoms with Crippen LogP contribution < -0.4 is 16.0 Å². The summed E-state index contributed by atoms with van der Waals surface area (Å²) in [6, 6.07) is 0.864. The Labute approximate surface area is 260 Å². The molecule has 0 heterocycles. The highest BCUT2D eigenvalue weighted by molar-refractivity contribution is 9.10. The van der Waals surface area contributed by atoms with E-state index in [4.69, 9.17) is 34.3 Å². The number of halogens is 1. The quantitative estimate of drug-likeness (QED) is 0.0549. The van der Waals surface area contributed by atoms with Crippen LogP contribution in [-0.4, -0.2) is 108 Å². The van der Waals surface area contributed by atoms with E-state index >= 15 is 0 Å². The largest absolute Gasteiger partial charge is 0.465 e. The Bertz CT molecular complexity index is 1060. The number of nitrogens with one attached hydrogen (secondary N) is 3. The highest BCUT2D eigenvalue weighted by Gasteiger charge is 2.22. The number of anilines is 1. The normalized spacial score (nSPS) is 11.4. The predicted octanol–water partition coefficient (Wildman–Crippen LogP) is 3.24. The van der Waals surface area contributed by atoms with Gasteiger partial charge in [0.25, 0.3) is 0 Å². The van der Waals surface area contributed by atoms with Crippen LogP contribution in [0.2, 0.25) is 0 Å². The van der Waals surface area contributed by atoms with Gasteiger partial charge in [-0.05, 0) is 49.4 Å². The average molecular weight is 676 g/mol. The molecule has 4 N–H and O–H groups in total. The minimum absolute atomic E-state index is 0.00740. The summed E-state index contributed by atoms with van der Waals surface area (Å²) >= 11 is 3.52. The monoisotopic (exact) mass is 674 g/mol. The van der Waals surface area contributed by atoms with Crippen molar-refractivity contribution in [3.63, 3.8) is 0 Å². The van der Waals surface area contributed by atoms with Crippen molar-refractivity contribution in [2.24, 2.45) is 5.11 Å². The molecular weight excluding hydrogens is 632 g/mol. The van der Waals surface area contributed by atoms with Crippen molar-refractivity contribution in [1.29, 1.82) is 0 Å². The number of nitrogens with zero attached hydrogens (tertiary/aromatic N) is 3. The van der Waals surface area contributed by atoms with Crippen molar-refractivity contribution in [2.45, 2.75) is 39.7 Å². The molecule has 3 amide bonds. The van der Waals surface area contributed by atoms with Crippen molar-refractivity contribution in [2.75, 3.05) is 84.5 Å². The van der Waals surface area contributed by atoms with Gasteiger partial charge in [0.05, 0.1) is 66.1 Å². The summed E-state index contributed by atoms with van der Waals surface area (Å²) in [5.41, 5.74) is 11.7. The molecule has 15 nitrogen and oxygen atoms in total. The minimum Gasteiger partial charge on any atom is -0.465 e. The lowest BCUT2D eigenvalue weighted by atomic mass is 10.0. The number of carbonyl (C=O) groups is 3. The van der Waals surface area contributed by atoms with Gasteiger partial charge in [0.1, 0.15) is 6.04 Å². The third-order valence-electron chi connectivity index (χ3n) is 5.85. The molecule has 43 heavy (non-hydrogen) atoms. The number of carbonyl (C=O) groups excluding carboxylic acids is 2. The molecule has 242 valence electrons. The third kappa shape index (κ3) is 17.7. The fraction of sp³-hybridized carbons (Fsp3) is 0.667. The number of hydrogen-bond acceptors (Lipinski definition) is 9. The van der Waals surface area contributed by atoms with Gasteiger partial charge in [-0.25, -0.2) is 4.79 Å². The van der Waals surface area contributed by atoms with Gasteiger partial charge in [0.2, 0.25) is 11.8 Å². The van der Waals surface area contributed by atoms with Crippen LogP contribution in [0, 0.1) is 20.8 Å². The summed E-state index contributed by atoms with van der Waals surface area (Å²) in [6.45, 7) is 9.91. The van der Waals surface area contributed by atoms with Gasteiger partial charge in [-0.2, -0.15) is 0 Å². The maximum atomic E-state index is 12.6. The zero-order valence-corrected chi connectivity index (χ0v) is 26.6. The second kappa shape index (κ2) is 23.5. The van der Waals surface area contributed by atoms with Gasteiger partial charge in [-0.3, -0.25) is 9.59 Å². The lowest BCUT2D eigenvalue weighted by Gasteiger charge is -2.18. The van der Waals surface area contributed by atoms with Crippen LogP contribution in [0.5, 0.6) is 0 Å². The number of ether oxygens (including phenoxy) is 5. The zero-order chi connectivity index (χ0) is 31.9. The first-order valence-electron chi connectivity index (χ1n) is 13.9. The van der Waals surface area contributed by atoms with Gasteiger partial charge in [-0.1, -0.05) is 27.1 Å². The van der Waals surface area contributed by atoms with Crippen molar-refractivity contribution in [3.8, 4) is 0 Å². The highest BCUT2D eigenvalue weighted by atomic mass is 79.9. The molecule has 0 bridgehead atoms. The summed E-state index contributed by atoms with van der Waals surface area (Å²) in [6.07, 6.45) is -1.42. The van der Waals surface area contributed by atoms with Crippen LogP contribution in [0.25, 0.3) is 10.4 Å². The molecule has 0 fully saturated rings. The van der Waals surface area contributed by atoms with E-state index in [0.29, 0.717) is 71.7 Å². The standard InChI is InChI=1S/C27H43BrN6O9/c1-19-18-20(2)25(21(3)24(19)28)33-23(35)5-4-22(32-27(37)38)26(36)30-6-8-39-10-12-41-14-16-43-17-15-42-13-11-40-9-7-31-34-29/h18,22,32H,4-17H2,1-3H3,(H,30,36)(H,33,35)(H,37,38)/t22-/m0/s1. The van der Waals surface area contributed by atoms with Crippen LogP contribution in [0.3, 0.4) is 0 Å². The number of aryl methyl sites for hydroxylation is 2. The average Bonchev–Trinajstić information content (AvgIpc) is 2.97. The van der Waals surface area contributed by atoms with Crippen LogP contribution in [0.1, 0.15) is 29.5 Å². The van der Waals surface area contributed by atoms with Crippen LogP contribution >= 0.6 is 15.9 Å². The molecule has 0 radical (unpaired) electrons. The smallest absolute Gasteiger partial charge is 0.405 e. The van der Waals surface area contributed by atoms with Gasteiger partial charge < -0.3 is 44.7 Å². The SMILES string of the molecule is Cc1cc(C)c(NC(=O)CC[C@H](NC(=O)O)C(=O)NCCOCCOCCOCCOCCOCCN=[N+]=[N-])c(C)c1Br. The number of carboxylic acid groups (broad SMARTS) is 1. The Morgan fingerprint density at radius 3 is 1.98 bits per heavy atom. The Hall–Kier alpha value is -2.98. The van der Waals surface area contributed by atoms with E-state index in [1.165, 1.54) is 0 Å². The summed E-state index contributed by atoms with van der Waals surface area (Å²) < 4.78 is 27.7. The summed E-state index contributed by atoms with van der Waals surface area (Å²) in [5, 5.41) is 20.1. The van der Waals surface area contributed by atoms with E-state index in [1.807, 2.05) is 26.8 Å². The maximum Gasteiger partial charge on any atom is 0.405 e. The van der Waals surface area contributed by atoms with E-state index in [-0.39, 0.29) is 31.9 Å². The molecular formula is C27H43BrN6O9. The third-order valence-corrected chi connectivity index (χ3v) is 7.07. The van der Waals surface area contributed by atoms with Gasteiger partial charge >= 0.3 is 6.09 Å². The summed E-state index contributed by atoms with van der Waals surface area (Å²) in [5.74, 6) is -0.865. The van der Waals surface area contributed by atoms with Crippen molar-refractivity contribution in [3.05, 3.63) is 37.7 Å². The fourth-order valence-corrected chi connectivity index (χ4v) is 4.06. The first-order chi connectivity index (χ1) is 20.7. The van der Waals surface area contributed by atoms with E-state index in [0.717, 1.165) is 21.2 Å². The van der Waals surface area contributed by atoms with Gasteiger partial charge in [-0.15, -0.1) is 0 Å². The summed E-state index contributed by atoms with van der Waals surface area (Å²) in [7, 11) is 0. The molecule has 0 aliphatic rings.